The largest absolute Gasteiger partial charge is 0.495 e. The average Bonchev–Trinajstić information content (AvgIpc) is 2.47. The molecule has 7 heteroatoms. The third kappa shape index (κ3) is 2.33. The van der Waals surface area contributed by atoms with Crippen LogP contribution in [0.15, 0.2) is 29.2 Å². The molecule has 0 amide bonds. The molecule has 5 nitrogen and oxygen atoms in total. The zero-order valence-electron chi connectivity index (χ0n) is 10.7. The van der Waals surface area contributed by atoms with Gasteiger partial charge in [0, 0.05) is 6.20 Å². The number of hydrogen-bond acceptors (Lipinski definition) is 4. The summed E-state index contributed by atoms with van der Waals surface area (Å²) in [4.78, 5) is 12.1. The Bertz CT molecular complexity index is 837. The van der Waals surface area contributed by atoms with Crippen LogP contribution in [0.3, 0.4) is 0 Å². The summed E-state index contributed by atoms with van der Waals surface area (Å²) in [6.45, 7) is 0. The Kier molecular flexibility index (Phi) is 3.68. The number of pyridine rings is 1. The third-order valence-electron chi connectivity index (χ3n) is 2.77. The Morgan fingerprint density at radius 2 is 1.81 bits per heavy atom. The van der Waals surface area contributed by atoms with E-state index in [2.05, 4.69) is 0 Å². The van der Waals surface area contributed by atoms with Crippen LogP contribution < -0.4 is 10.3 Å². The summed E-state index contributed by atoms with van der Waals surface area (Å²) in [6, 6.07) is 6.09. The van der Waals surface area contributed by atoms with Crippen molar-refractivity contribution in [3.63, 3.8) is 0 Å². The van der Waals surface area contributed by atoms with Crippen LogP contribution in [0.1, 0.15) is 11.1 Å². The summed E-state index contributed by atoms with van der Waals surface area (Å²) in [6.07, 6.45) is 1.09. The maximum atomic E-state index is 13.9. The van der Waals surface area contributed by atoms with Gasteiger partial charge in [-0.05, 0) is 18.2 Å². The van der Waals surface area contributed by atoms with Gasteiger partial charge in [0.2, 0.25) is 0 Å². The van der Waals surface area contributed by atoms with Crippen LogP contribution in [-0.2, 0) is 0 Å². The fraction of sp³-hybridized carbons (Fsp3) is 0.0714. The molecule has 0 aliphatic heterocycles. The van der Waals surface area contributed by atoms with E-state index in [0.29, 0.717) is 4.57 Å². The number of aromatic nitrogens is 1. The second-order valence-corrected chi connectivity index (χ2v) is 3.95. The van der Waals surface area contributed by atoms with Crippen molar-refractivity contribution in [2.75, 3.05) is 7.11 Å². The average molecular weight is 287 g/mol. The fourth-order valence-electron chi connectivity index (χ4n) is 1.83. The van der Waals surface area contributed by atoms with Gasteiger partial charge in [-0.3, -0.25) is 9.36 Å². The molecule has 1 heterocycles. The molecule has 0 fully saturated rings. The van der Waals surface area contributed by atoms with Crippen LogP contribution in [0, 0.1) is 34.3 Å². The Balaban J connectivity index is 2.79. The molecule has 21 heavy (non-hydrogen) atoms. The van der Waals surface area contributed by atoms with E-state index >= 15 is 0 Å². The van der Waals surface area contributed by atoms with Crippen molar-refractivity contribution in [3.8, 4) is 23.6 Å². The van der Waals surface area contributed by atoms with Gasteiger partial charge in [-0.2, -0.15) is 10.5 Å². The van der Waals surface area contributed by atoms with E-state index in [4.69, 9.17) is 15.3 Å². The number of ether oxygens (including phenoxy) is 1. The minimum atomic E-state index is -1.08. The van der Waals surface area contributed by atoms with Gasteiger partial charge in [-0.25, -0.2) is 8.78 Å². The van der Waals surface area contributed by atoms with Gasteiger partial charge >= 0.3 is 0 Å². The smallest absolute Gasteiger partial charge is 0.277 e. The zero-order chi connectivity index (χ0) is 15.6. The molecule has 0 aliphatic carbocycles. The topological polar surface area (TPSA) is 78.8 Å². The lowest BCUT2D eigenvalue weighted by atomic mass is 10.2. The molecule has 0 unspecified atom stereocenters. The molecule has 1 aromatic carbocycles. The van der Waals surface area contributed by atoms with Crippen molar-refractivity contribution in [2.24, 2.45) is 0 Å². The maximum absolute atomic E-state index is 13.9. The fourth-order valence-corrected chi connectivity index (χ4v) is 1.83. The molecule has 0 atom stereocenters. The lowest BCUT2D eigenvalue weighted by molar-refractivity contribution is 0.411. The quantitative estimate of drug-likeness (QED) is 0.844. The Hall–Kier alpha value is -3.19. The van der Waals surface area contributed by atoms with E-state index in [0.717, 1.165) is 18.3 Å². The van der Waals surface area contributed by atoms with Crippen LogP contribution in [0.2, 0.25) is 0 Å². The number of hydrogen-bond donors (Lipinski definition) is 0. The first-order chi connectivity index (χ1) is 10.0. The lowest BCUT2D eigenvalue weighted by Crippen LogP contribution is -2.23. The SMILES string of the molecule is COc1ccn(-c2c(F)cc(C#N)cc2F)c(=O)c1C#N. The molecular formula is C14H7F2N3O2. The molecule has 0 aliphatic rings. The molecule has 2 aromatic rings. The highest BCUT2D eigenvalue weighted by Gasteiger charge is 2.18. The van der Waals surface area contributed by atoms with E-state index in [9.17, 15) is 13.6 Å². The molecule has 2 rings (SSSR count). The van der Waals surface area contributed by atoms with Crippen LogP contribution >= 0.6 is 0 Å². The first-order valence-electron chi connectivity index (χ1n) is 5.62. The molecule has 0 radical (unpaired) electrons. The van der Waals surface area contributed by atoms with Crippen LogP contribution in [-0.4, -0.2) is 11.7 Å². The number of nitrogens with zero attached hydrogens (tertiary/aromatic N) is 3. The van der Waals surface area contributed by atoms with Gasteiger partial charge < -0.3 is 4.74 Å². The van der Waals surface area contributed by atoms with Gasteiger partial charge in [-0.1, -0.05) is 0 Å². The molecule has 0 N–H and O–H groups in total. The van der Waals surface area contributed by atoms with Crippen LogP contribution in [0.25, 0.3) is 5.69 Å². The minimum Gasteiger partial charge on any atom is -0.495 e. The molecule has 0 saturated heterocycles. The highest BCUT2D eigenvalue weighted by Crippen LogP contribution is 2.20. The summed E-state index contributed by atoms with van der Waals surface area (Å²) >= 11 is 0. The van der Waals surface area contributed by atoms with Gasteiger partial charge in [0.1, 0.15) is 17.5 Å². The first kappa shape index (κ1) is 14.2. The summed E-state index contributed by atoms with van der Waals surface area (Å²) in [5.74, 6) is -2.15. The zero-order valence-corrected chi connectivity index (χ0v) is 10.7. The monoisotopic (exact) mass is 287 g/mol. The summed E-state index contributed by atoms with van der Waals surface area (Å²) in [5, 5.41) is 17.6. The Morgan fingerprint density at radius 1 is 1.19 bits per heavy atom. The number of halogens is 2. The van der Waals surface area contributed by atoms with Gasteiger partial charge in [-0.15, -0.1) is 0 Å². The standard InChI is InChI=1S/C14H7F2N3O2/c1-21-12-2-3-19(14(20)9(12)7-18)13-10(15)4-8(6-17)5-11(13)16/h2-5H,1H3. The molecule has 0 spiro atoms. The maximum Gasteiger partial charge on any atom is 0.277 e. The van der Waals surface area contributed by atoms with Crippen LogP contribution in [0.4, 0.5) is 8.78 Å². The molecule has 0 bridgehead atoms. The van der Waals surface area contributed by atoms with Crippen molar-refractivity contribution in [2.45, 2.75) is 0 Å². The molecule has 104 valence electrons. The minimum absolute atomic E-state index is 0.00760. The van der Waals surface area contributed by atoms with Crippen molar-refractivity contribution in [1.29, 1.82) is 10.5 Å². The van der Waals surface area contributed by atoms with Crippen molar-refractivity contribution < 1.29 is 13.5 Å². The number of rotatable bonds is 2. The van der Waals surface area contributed by atoms with E-state index in [-0.39, 0.29) is 16.9 Å². The molecular weight excluding hydrogens is 280 g/mol. The highest BCUT2D eigenvalue weighted by atomic mass is 19.1. The first-order valence-corrected chi connectivity index (χ1v) is 5.62. The lowest BCUT2D eigenvalue weighted by Gasteiger charge is -2.10. The number of nitriles is 2. The van der Waals surface area contributed by atoms with Crippen molar-refractivity contribution in [1.82, 2.24) is 4.57 Å². The van der Waals surface area contributed by atoms with Crippen LogP contribution in [0.5, 0.6) is 5.75 Å². The predicted molar refractivity (Wildman–Crippen MR) is 67.9 cm³/mol. The van der Waals surface area contributed by atoms with Crippen molar-refractivity contribution >= 4 is 0 Å². The predicted octanol–water partition coefficient (Wildman–Crippen LogP) is 1.87. The van der Waals surface area contributed by atoms with E-state index in [1.807, 2.05) is 0 Å². The van der Waals surface area contributed by atoms with Gasteiger partial charge in [0.25, 0.3) is 5.56 Å². The summed E-state index contributed by atoms with van der Waals surface area (Å²) in [5.41, 5.74) is -2.16. The number of methoxy groups -OCH3 is 1. The highest BCUT2D eigenvalue weighted by molar-refractivity contribution is 5.47. The van der Waals surface area contributed by atoms with Crippen molar-refractivity contribution in [3.05, 3.63) is 57.5 Å². The summed E-state index contributed by atoms with van der Waals surface area (Å²) < 4.78 is 33.3. The normalized spacial score (nSPS) is 9.76. The second-order valence-electron chi connectivity index (χ2n) is 3.95. The Morgan fingerprint density at radius 3 is 2.29 bits per heavy atom. The third-order valence-corrected chi connectivity index (χ3v) is 2.77. The molecule has 1 aromatic heterocycles. The van der Waals surface area contributed by atoms with Gasteiger partial charge in [0.05, 0.1) is 18.7 Å². The Labute approximate surface area is 117 Å². The molecule has 0 saturated carbocycles. The van der Waals surface area contributed by atoms with Gasteiger partial charge in [0.15, 0.2) is 17.2 Å². The summed E-state index contributed by atoms with van der Waals surface area (Å²) in [7, 11) is 1.27. The second kappa shape index (κ2) is 5.43. The number of benzene rings is 1. The van der Waals surface area contributed by atoms with E-state index in [1.54, 1.807) is 12.1 Å². The van der Waals surface area contributed by atoms with E-state index in [1.165, 1.54) is 13.2 Å². The van der Waals surface area contributed by atoms with E-state index < -0.39 is 22.9 Å².